The summed E-state index contributed by atoms with van der Waals surface area (Å²) in [7, 11) is 3.12. The molecule has 0 unspecified atom stereocenters. The summed E-state index contributed by atoms with van der Waals surface area (Å²) in [6.07, 6.45) is 3.34. The number of nitrogens with zero attached hydrogens (tertiary/aromatic N) is 5. The van der Waals surface area contributed by atoms with E-state index in [1.807, 2.05) is 31.4 Å². The van der Waals surface area contributed by atoms with Gasteiger partial charge in [0.25, 0.3) is 0 Å². The van der Waals surface area contributed by atoms with Crippen LogP contribution in [0.1, 0.15) is 10.5 Å². The zero-order valence-electron chi connectivity index (χ0n) is 13.5. The molecule has 4 aromatic rings. The van der Waals surface area contributed by atoms with Gasteiger partial charge in [-0.15, -0.1) is 5.10 Å². The molecule has 25 heavy (non-hydrogen) atoms. The first-order valence-electron chi connectivity index (χ1n) is 7.46. The second-order valence-electron chi connectivity index (χ2n) is 5.40. The molecule has 0 saturated heterocycles. The van der Waals surface area contributed by atoms with E-state index >= 15 is 0 Å². The van der Waals surface area contributed by atoms with E-state index in [1.165, 1.54) is 13.3 Å². The number of methoxy groups -OCH3 is 1. The van der Waals surface area contributed by atoms with Gasteiger partial charge in [-0.05, 0) is 30.3 Å². The van der Waals surface area contributed by atoms with E-state index in [-0.39, 0.29) is 5.69 Å². The van der Waals surface area contributed by atoms with Gasteiger partial charge in [0.05, 0.1) is 13.3 Å². The monoisotopic (exact) mass is 335 g/mol. The van der Waals surface area contributed by atoms with Crippen LogP contribution < -0.4 is 0 Å². The Morgan fingerprint density at radius 1 is 1.20 bits per heavy atom. The van der Waals surface area contributed by atoms with Crippen LogP contribution in [0.2, 0.25) is 0 Å². The minimum absolute atomic E-state index is 0.197. The largest absolute Gasteiger partial charge is 0.464 e. The van der Waals surface area contributed by atoms with Crippen LogP contribution in [0.25, 0.3) is 33.8 Å². The highest BCUT2D eigenvalue weighted by molar-refractivity contribution is 5.88. The SMILES string of the molecule is COC(=O)c1cc(-c2nc3cc(-c4cn(C)nn4)ccc3o2)ccn1. The zero-order chi connectivity index (χ0) is 17.4. The van der Waals surface area contributed by atoms with Crippen molar-refractivity contribution in [1.82, 2.24) is 25.0 Å². The van der Waals surface area contributed by atoms with Crippen molar-refractivity contribution in [2.45, 2.75) is 0 Å². The maximum absolute atomic E-state index is 11.6. The summed E-state index contributed by atoms with van der Waals surface area (Å²) < 4.78 is 12.1. The average molecular weight is 335 g/mol. The van der Waals surface area contributed by atoms with Crippen molar-refractivity contribution in [2.24, 2.45) is 7.05 Å². The number of aromatic nitrogens is 5. The first kappa shape index (κ1) is 15.0. The first-order valence-corrected chi connectivity index (χ1v) is 7.46. The Balaban J connectivity index is 1.75. The maximum atomic E-state index is 11.6. The summed E-state index contributed by atoms with van der Waals surface area (Å²) in [5.74, 6) is -0.109. The summed E-state index contributed by atoms with van der Waals surface area (Å²) in [5, 5.41) is 8.03. The van der Waals surface area contributed by atoms with E-state index in [0.29, 0.717) is 22.6 Å². The lowest BCUT2D eigenvalue weighted by atomic mass is 10.1. The second-order valence-corrected chi connectivity index (χ2v) is 5.40. The van der Waals surface area contributed by atoms with Gasteiger partial charge >= 0.3 is 5.97 Å². The predicted octanol–water partition coefficient (Wildman–Crippen LogP) is 2.47. The Labute approximate surface area is 142 Å². The molecule has 3 heterocycles. The van der Waals surface area contributed by atoms with Gasteiger partial charge in [0.15, 0.2) is 5.58 Å². The van der Waals surface area contributed by atoms with Crippen molar-refractivity contribution in [3.63, 3.8) is 0 Å². The van der Waals surface area contributed by atoms with Crippen LogP contribution in [-0.4, -0.2) is 38.0 Å². The van der Waals surface area contributed by atoms with Crippen LogP contribution in [0.15, 0.2) is 47.1 Å². The Bertz CT molecular complexity index is 1080. The van der Waals surface area contributed by atoms with Crippen LogP contribution in [0.5, 0.6) is 0 Å². The molecule has 8 heteroatoms. The lowest BCUT2D eigenvalue weighted by Crippen LogP contribution is -2.03. The average Bonchev–Trinajstić information content (AvgIpc) is 3.26. The lowest BCUT2D eigenvalue weighted by Gasteiger charge is -1.99. The molecular weight excluding hydrogens is 322 g/mol. The number of benzene rings is 1. The molecule has 0 saturated carbocycles. The summed E-state index contributed by atoms with van der Waals surface area (Å²) in [6.45, 7) is 0. The molecule has 0 radical (unpaired) electrons. The molecule has 1 aromatic carbocycles. The quantitative estimate of drug-likeness (QED) is 0.531. The molecule has 0 spiro atoms. The number of rotatable bonds is 3. The third-order valence-corrected chi connectivity index (χ3v) is 3.69. The summed E-state index contributed by atoms with van der Waals surface area (Å²) in [4.78, 5) is 20.1. The number of oxazole rings is 1. The van der Waals surface area contributed by atoms with Gasteiger partial charge in [0, 0.05) is 24.4 Å². The van der Waals surface area contributed by atoms with Gasteiger partial charge in [-0.1, -0.05) is 5.21 Å². The van der Waals surface area contributed by atoms with E-state index in [9.17, 15) is 4.79 Å². The molecule has 124 valence electrons. The molecule has 8 nitrogen and oxygen atoms in total. The number of aryl methyl sites for hydroxylation is 1. The molecule has 0 aliphatic carbocycles. The summed E-state index contributed by atoms with van der Waals surface area (Å²) in [5.41, 5.74) is 3.82. The normalized spacial score (nSPS) is 11.0. The molecule has 0 aliphatic heterocycles. The third kappa shape index (κ3) is 2.74. The Kier molecular flexibility index (Phi) is 3.50. The number of fused-ring (bicyclic) bond motifs is 1. The van der Waals surface area contributed by atoms with E-state index < -0.39 is 5.97 Å². The Hall–Kier alpha value is -3.55. The zero-order valence-corrected chi connectivity index (χ0v) is 13.5. The van der Waals surface area contributed by atoms with E-state index in [2.05, 4.69) is 25.0 Å². The molecule has 0 N–H and O–H groups in total. The van der Waals surface area contributed by atoms with Crippen LogP contribution in [-0.2, 0) is 11.8 Å². The molecular formula is C17H13N5O3. The molecule has 4 rings (SSSR count). The third-order valence-electron chi connectivity index (χ3n) is 3.69. The van der Waals surface area contributed by atoms with Crippen LogP contribution in [0, 0.1) is 0 Å². The number of carbonyl (C=O) groups is 1. The van der Waals surface area contributed by atoms with Crippen LogP contribution in [0.4, 0.5) is 0 Å². The van der Waals surface area contributed by atoms with E-state index in [1.54, 1.807) is 16.8 Å². The van der Waals surface area contributed by atoms with E-state index in [4.69, 9.17) is 4.42 Å². The standard InChI is InChI=1S/C17H13N5O3/c1-22-9-14(20-21-22)10-3-4-15-12(7-10)19-16(25-15)11-5-6-18-13(8-11)17(23)24-2/h3-9H,1-2H3. The van der Waals surface area contributed by atoms with E-state index in [0.717, 1.165) is 11.3 Å². The fourth-order valence-corrected chi connectivity index (χ4v) is 2.47. The lowest BCUT2D eigenvalue weighted by molar-refractivity contribution is 0.0594. The smallest absolute Gasteiger partial charge is 0.356 e. The van der Waals surface area contributed by atoms with Crippen molar-refractivity contribution >= 4 is 17.1 Å². The van der Waals surface area contributed by atoms with Crippen molar-refractivity contribution in [3.05, 3.63) is 48.4 Å². The molecule has 0 atom stereocenters. The minimum Gasteiger partial charge on any atom is -0.464 e. The van der Waals surface area contributed by atoms with Crippen molar-refractivity contribution in [2.75, 3.05) is 7.11 Å². The topological polar surface area (TPSA) is 95.9 Å². The van der Waals surface area contributed by atoms with Crippen LogP contribution in [0.3, 0.4) is 0 Å². The molecule has 0 amide bonds. The van der Waals surface area contributed by atoms with Crippen LogP contribution >= 0.6 is 0 Å². The van der Waals surface area contributed by atoms with Gasteiger partial charge in [-0.3, -0.25) is 4.68 Å². The van der Waals surface area contributed by atoms with Crippen molar-refractivity contribution in [1.29, 1.82) is 0 Å². The Morgan fingerprint density at radius 3 is 2.84 bits per heavy atom. The van der Waals surface area contributed by atoms with Gasteiger partial charge < -0.3 is 9.15 Å². The number of carbonyl (C=O) groups excluding carboxylic acids is 1. The highest BCUT2D eigenvalue weighted by Gasteiger charge is 2.14. The van der Waals surface area contributed by atoms with Gasteiger partial charge in [-0.25, -0.2) is 14.8 Å². The molecule has 0 aliphatic rings. The number of esters is 1. The fraction of sp³-hybridized carbons (Fsp3) is 0.118. The number of ether oxygens (including phenoxy) is 1. The molecule has 0 bridgehead atoms. The van der Waals surface area contributed by atoms with Gasteiger partial charge in [-0.2, -0.15) is 0 Å². The highest BCUT2D eigenvalue weighted by Crippen LogP contribution is 2.27. The number of pyridine rings is 1. The first-order chi connectivity index (χ1) is 12.1. The molecule has 3 aromatic heterocycles. The highest BCUT2D eigenvalue weighted by atomic mass is 16.5. The fourth-order valence-electron chi connectivity index (χ4n) is 2.47. The maximum Gasteiger partial charge on any atom is 0.356 e. The predicted molar refractivity (Wildman–Crippen MR) is 88.6 cm³/mol. The minimum atomic E-state index is -0.511. The number of hydrogen-bond acceptors (Lipinski definition) is 7. The van der Waals surface area contributed by atoms with Crippen molar-refractivity contribution < 1.29 is 13.9 Å². The molecule has 0 fully saturated rings. The number of hydrogen-bond donors (Lipinski definition) is 0. The Morgan fingerprint density at radius 2 is 2.08 bits per heavy atom. The summed E-state index contributed by atoms with van der Waals surface area (Å²) >= 11 is 0. The second kappa shape index (κ2) is 5.82. The summed E-state index contributed by atoms with van der Waals surface area (Å²) in [6, 6.07) is 8.92. The van der Waals surface area contributed by atoms with Crippen molar-refractivity contribution in [3.8, 4) is 22.7 Å². The van der Waals surface area contributed by atoms with Gasteiger partial charge in [0.1, 0.15) is 16.9 Å². The van der Waals surface area contributed by atoms with Gasteiger partial charge in [0.2, 0.25) is 5.89 Å².